The molecule has 4 nitrogen and oxygen atoms in total. The van der Waals surface area contributed by atoms with E-state index in [1.807, 2.05) is 25.1 Å². The lowest BCUT2D eigenvalue weighted by Gasteiger charge is -2.17. The maximum atomic E-state index is 11.7. The van der Waals surface area contributed by atoms with Gasteiger partial charge in [-0.3, -0.25) is 4.79 Å². The van der Waals surface area contributed by atoms with Crippen molar-refractivity contribution < 1.29 is 9.90 Å². The second-order valence-electron chi connectivity index (χ2n) is 4.72. The van der Waals surface area contributed by atoms with Crippen LogP contribution in [0.5, 0.6) is 0 Å². The number of benzene rings is 1. The highest BCUT2D eigenvalue weighted by molar-refractivity contribution is 5.78. The molecule has 3 N–H and O–H groups in total. The van der Waals surface area contributed by atoms with Crippen molar-refractivity contribution in [1.29, 1.82) is 0 Å². The van der Waals surface area contributed by atoms with Gasteiger partial charge in [-0.15, -0.1) is 0 Å². The van der Waals surface area contributed by atoms with Crippen molar-refractivity contribution >= 4 is 11.6 Å². The molecule has 1 aromatic carbocycles. The molecule has 1 aliphatic heterocycles. The van der Waals surface area contributed by atoms with E-state index in [0.29, 0.717) is 19.5 Å². The summed E-state index contributed by atoms with van der Waals surface area (Å²) in [6, 6.07) is 5.82. The van der Waals surface area contributed by atoms with Gasteiger partial charge in [-0.25, -0.2) is 0 Å². The van der Waals surface area contributed by atoms with Crippen LogP contribution in [-0.4, -0.2) is 29.1 Å². The molecule has 1 amide bonds. The third-order valence-corrected chi connectivity index (χ3v) is 3.26. The number of amides is 1. The van der Waals surface area contributed by atoms with Gasteiger partial charge in [-0.05, 0) is 24.1 Å². The maximum Gasteiger partial charge on any atom is 0.223 e. The first kappa shape index (κ1) is 11.9. The zero-order chi connectivity index (χ0) is 12.4. The summed E-state index contributed by atoms with van der Waals surface area (Å²) in [5, 5.41) is 9.05. The van der Waals surface area contributed by atoms with Crippen LogP contribution in [-0.2, 0) is 11.3 Å². The molecule has 1 heterocycles. The highest BCUT2D eigenvalue weighted by Gasteiger charge is 2.28. The molecular formula is C13H18N2O2. The fraction of sp³-hybridized carbons (Fsp3) is 0.462. The van der Waals surface area contributed by atoms with E-state index in [0.717, 1.165) is 16.8 Å². The lowest BCUT2D eigenvalue weighted by molar-refractivity contribution is -0.128. The second-order valence-corrected chi connectivity index (χ2v) is 4.72. The van der Waals surface area contributed by atoms with E-state index in [-0.39, 0.29) is 18.4 Å². The number of aliphatic hydroxyl groups is 1. The third kappa shape index (κ3) is 2.58. The molecule has 1 saturated heterocycles. The van der Waals surface area contributed by atoms with Gasteiger partial charge in [0.2, 0.25) is 5.91 Å². The van der Waals surface area contributed by atoms with Crippen LogP contribution in [0.4, 0.5) is 5.69 Å². The standard InChI is InChI=1S/C13H18N2O2/c1-9-4-10(2-3-12(9)14)6-15-7-11(8-16)5-13(15)17/h2-4,11,16H,5-8,14H2,1H3. The molecule has 1 aliphatic rings. The first-order valence-electron chi connectivity index (χ1n) is 5.83. The van der Waals surface area contributed by atoms with E-state index in [9.17, 15) is 4.79 Å². The number of hydrogen-bond donors (Lipinski definition) is 2. The van der Waals surface area contributed by atoms with Gasteiger partial charge in [0.05, 0.1) is 0 Å². The van der Waals surface area contributed by atoms with Gasteiger partial charge in [0.15, 0.2) is 0 Å². The Hall–Kier alpha value is -1.55. The number of nitrogens with zero attached hydrogens (tertiary/aromatic N) is 1. The van der Waals surface area contributed by atoms with E-state index in [4.69, 9.17) is 10.8 Å². The average Bonchev–Trinajstić information content (AvgIpc) is 2.65. The highest BCUT2D eigenvalue weighted by Crippen LogP contribution is 2.21. The summed E-state index contributed by atoms with van der Waals surface area (Å²) in [5.74, 6) is 0.218. The fourth-order valence-corrected chi connectivity index (χ4v) is 2.19. The summed E-state index contributed by atoms with van der Waals surface area (Å²) in [4.78, 5) is 13.5. The summed E-state index contributed by atoms with van der Waals surface area (Å²) in [6.45, 7) is 3.30. The molecule has 0 bridgehead atoms. The van der Waals surface area contributed by atoms with Crippen LogP contribution < -0.4 is 5.73 Å². The molecule has 4 heteroatoms. The van der Waals surface area contributed by atoms with Crippen molar-refractivity contribution in [2.75, 3.05) is 18.9 Å². The molecule has 92 valence electrons. The van der Waals surface area contributed by atoms with Gasteiger partial charge in [-0.2, -0.15) is 0 Å². The summed E-state index contributed by atoms with van der Waals surface area (Å²) in [5.41, 5.74) is 8.65. The van der Waals surface area contributed by atoms with Crippen molar-refractivity contribution in [2.24, 2.45) is 5.92 Å². The summed E-state index contributed by atoms with van der Waals surface area (Å²) >= 11 is 0. The number of nitrogen functional groups attached to an aromatic ring is 1. The molecule has 1 unspecified atom stereocenters. The Morgan fingerprint density at radius 3 is 2.88 bits per heavy atom. The number of hydrogen-bond acceptors (Lipinski definition) is 3. The van der Waals surface area contributed by atoms with E-state index in [2.05, 4.69) is 0 Å². The van der Waals surface area contributed by atoms with Gasteiger partial charge < -0.3 is 15.7 Å². The molecule has 2 rings (SSSR count). The van der Waals surface area contributed by atoms with Gasteiger partial charge >= 0.3 is 0 Å². The van der Waals surface area contributed by atoms with Crippen molar-refractivity contribution in [2.45, 2.75) is 19.9 Å². The minimum atomic E-state index is 0.0863. The quantitative estimate of drug-likeness (QED) is 0.764. The SMILES string of the molecule is Cc1cc(CN2CC(CO)CC2=O)ccc1N. The van der Waals surface area contributed by atoms with Gasteiger partial charge in [0.1, 0.15) is 0 Å². The number of aliphatic hydroxyl groups excluding tert-OH is 1. The number of carbonyl (C=O) groups is 1. The lowest BCUT2D eigenvalue weighted by atomic mass is 10.1. The van der Waals surface area contributed by atoms with Gasteiger partial charge in [-0.1, -0.05) is 12.1 Å². The predicted octanol–water partition coefficient (Wildman–Crippen LogP) is 0.918. The molecule has 0 radical (unpaired) electrons. The van der Waals surface area contributed by atoms with Crippen LogP contribution in [0.2, 0.25) is 0 Å². The molecule has 0 spiro atoms. The second kappa shape index (κ2) is 4.75. The largest absolute Gasteiger partial charge is 0.399 e. The number of aryl methyl sites for hydroxylation is 1. The van der Waals surface area contributed by atoms with Crippen molar-refractivity contribution in [1.82, 2.24) is 4.90 Å². The van der Waals surface area contributed by atoms with E-state index in [1.54, 1.807) is 4.90 Å². The Balaban J connectivity index is 2.06. The molecule has 0 aliphatic carbocycles. The first-order chi connectivity index (χ1) is 8.10. The number of likely N-dealkylation sites (tertiary alicyclic amines) is 1. The number of anilines is 1. The molecular weight excluding hydrogens is 216 g/mol. The smallest absolute Gasteiger partial charge is 0.223 e. The lowest BCUT2D eigenvalue weighted by Crippen LogP contribution is -2.25. The number of rotatable bonds is 3. The Morgan fingerprint density at radius 1 is 1.53 bits per heavy atom. The Kier molecular flexibility index (Phi) is 3.33. The van der Waals surface area contributed by atoms with Crippen LogP contribution in [0.1, 0.15) is 17.5 Å². The number of nitrogens with two attached hydrogens (primary N) is 1. The Morgan fingerprint density at radius 2 is 2.29 bits per heavy atom. The molecule has 1 fully saturated rings. The van der Waals surface area contributed by atoms with E-state index >= 15 is 0 Å². The summed E-state index contributed by atoms with van der Waals surface area (Å²) in [7, 11) is 0. The fourth-order valence-electron chi connectivity index (χ4n) is 2.19. The van der Waals surface area contributed by atoms with E-state index in [1.165, 1.54) is 0 Å². The van der Waals surface area contributed by atoms with Crippen LogP contribution in [0.15, 0.2) is 18.2 Å². The van der Waals surface area contributed by atoms with Crippen LogP contribution in [0.25, 0.3) is 0 Å². The van der Waals surface area contributed by atoms with Crippen LogP contribution >= 0.6 is 0 Å². The number of carbonyl (C=O) groups excluding carboxylic acids is 1. The molecule has 1 atom stereocenters. The van der Waals surface area contributed by atoms with Crippen molar-refractivity contribution in [3.8, 4) is 0 Å². The van der Waals surface area contributed by atoms with Crippen molar-refractivity contribution in [3.05, 3.63) is 29.3 Å². The maximum absolute atomic E-state index is 11.7. The van der Waals surface area contributed by atoms with Gasteiger partial charge in [0.25, 0.3) is 0 Å². The monoisotopic (exact) mass is 234 g/mol. The predicted molar refractivity (Wildman–Crippen MR) is 66.2 cm³/mol. The molecule has 0 saturated carbocycles. The molecule has 0 aromatic heterocycles. The normalized spacial score (nSPS) is 20.0. The first-order valence-corrected chi connectivity index (χ1v) is 5.83. The van der Waals surface area contributed by atoms with Gasteiger partial charge in [0, 0.05) is 37.7 Å². The van der Waals surface area contributed by atoms with E-state index < -0.39 is 0 Å². The van der Waals surface area contributed by atoms with Crippen LogP contribution in [0, 0.1) is 12.8 Å². The third-order valence-electron chi connectivity index (χ3n) is 3.26. The summed E-state index contributed by atoms with van der Waals surface area (Å²) in [6.07, 6.45) is 0.463. The molecule has 1 aromatic rings. The Labute approximate surface area is 101 Å². The minimum Gasteiger partial charge on any atom is -0.399 e. The minimum absolute atomic E-state index is 0.0863. The van der Waals surface area contributed by atoms with Crippen molar-refractivity contribution in [3.63, 3.8) is 0 Å². The summed E-state index contributed by atoms with van der Waals surface area (Å²) < 4.78 is 0. The molecule has 17 heavy (non-hydrogen) atoms. The topological polar surface area (TPSA) is 66.6 Å². The average molecular weight is 234 g/mol. The zero-order valence-electron chi connectivity index (χ0n) is 10.0. The Bertz CT molecular complexity index is 431. The van der Waals surface area contributed by atoms with Crippen LogP contribution in [0.3, 0.4) is 0 Å². The zero-order valence-corrected chi connectivity index (χ0v) is 10.0. The highest BCUT2D eigenvalue weighted by atomic mass is 16.3.